The highest BCUT2D eigenvalue weighted by Gasteiger charge is 2.15. The van der Waals surface area contributed by atoms with Gasteiger partial charge in [0.2, 0.25) is 0 Å². The molecule has 0 atom stereocenters. The van der Waals surface area contributed by atoms with Crippen LogP contribution in [0, 0.1) is 0 Å². The zero-order valence-electron chi connectivity index (χ0n) is 16.6. The smallest absolute Gasteiger partial charge is 0.277 e. The van der Waals surface area contributed by atoms with E-state index in [0.717, 1.165) is 10.1 Å². The highest BCUT2D eigenvalue weighted by atomic mass is 32.2. The third-order valence-electron chi connectivity index (χ3n) is 3.91. The molecule has 154 valence electrons. The number of nitrogens with one attached hydrogen (secondary N) is 1. The highest BCUT2D eigenvalue weighted by molar-refractivity contribution is 7.99. The minimum Gasteiger partial charge on any atom is -0.351 e. The van der Waals surface area contributed by atoms with E-state index in [1.807, 2.05) is 55.9 Å². The lowest BCUT2D eigenvalue weighted by Crippen LogP contribution is -2.24. The number of carbonyl (C=O) groups excluding carboxylic acids is 1. The molecular formula is C19H24N6O3S. The van der Waals surface area contributed by atoms with Crippen molar-refractivity contribution in [2.24, 2.45) is 7.05 Å². The normalized spacial score (nSPS) is 11.2. The Hall–Kier alpha value is -2.69. The third kappa shape index (κ3) is 5.89. The monoisotopic (exact) mass is 416 g/mol. The Kier molecular flexibility index (Phi) is 7.39. The SMILES string of the molecule is CCOC(Cn1cc(C(=O)Nc2ccc(Sc3nccn3C)cc2)nn1)OCC. The Balaban J connectivity index is 1.57. The van der Waals surface area contributed by atoms with Crippen LogP contribution >= 0.6 is 11.8 Å². The summed E-state index contributed by atoms with van der Waals surface area (Å²) in [6.45, 7) is 5.21. The Labute approximate surface area is 173 Å². The predicted molar refractivity (Wildman–Crippen MR) is 109 cm³/mol. The molecule has 2 heterocycles. The van der Waals surface area contributed by atoms with Gasteiger partial charge in [0.15, 0.2) is 17.1 Å². The maximum Gasteiger partial charge on any atom is 0.277 e. The number of rotatable bonds is 10. The quantitative estimate of drug-likeness (QED) is 0.508. The van der Waals surface area contributed by atoms with E-state index >= 15 is 0 Å². The number of hydrogen-bond acceptors (Lipinski definition) is 7. The highest BCUT2D eigenvalue weighted by Crippen LogP contribution is 2.26. The summed E-state index contributed by atoms with van der Waals surface area (Å²) >= 11 is 1.55. The topological polar surface area (TPSA) is 96.1 Å². The van der Waals surface area contributed by atoms with Crippen LogP contribution in [-0.2, 0) is 23.1 Å². The fourth-order valence-corrected chi connectivity index (χ4v) is 3.33. The van der Waals surface area contributed by atoms with Gasteiger partial charge in [-0.2, -0.15) is 0 Å². The van der Waals surface area contributed by atoms with Crippen molar-refractivity contribution in [2.75, 3.05) is 18.5 Å². The van der Waals surface area contributed by atoms with Crippen molar-refractivity contribution in [3.05, 3.63) is 48.5 Å². The van der Waals surface area contributed by atoms with E-state index in [-0.39, 0.29) is 11.6 Å². The third-order valence-corrected chi connectivity index (χ3v) is 4.99. The van der Waals surface area contributed by atoms with Gasteiger partial charge in [0.05, 0.1) is 12.7 Å². The lowest BCUT2D eigenvalue weighted by molar-refractivity contribution is -0.145. The number of anilines is 1. The average molecular weight is 417 g/mol. The number of imidazole rings is 1. The van der Waals surface area contributed by atoms with Crippen molar-refractivity contribution in [3.8, 4) is 0 Å². The largest absolute Gasteiger partial charge is 0.351 e. The van der Waals surface area contributed by atoms with Crippen molar-refractivity contribution < 1.29 is 14.3 Å². The van der Waals surface area contributed by atoms with Crippen molar-refractivity contribution >= 4 is 23.4 Å². The molecule has 0 spiro atoms. The van der Waals surface area contributed by atoms with Crippen molar-refractivity contribution in [2.45, 2.75) is 36.7 Å². The second-order valence-electron chi connectivity index (χ2n) is 6.07. The van der Waals surface area contributed by atoms with Crippen LogP contribution < -0.4 is 5.32 Å². The van der Waals surface area contributed by atoms with Gasteiger partial charge in [-0.1, -0.05) is 17.0 Å². The first kappa shape index (κ1) is 21.0. The zero-order valence-corrected chi connectivity index (χ0v) is 17.4. The number of amides is 1. The van der Waals surface area contributed by atoms with Crippen LogP contribution in [0.1, 0.15) is 24.3 Å². The van der Waals surface area contributed by atoms with Crippen molar-refractivity contribution in [1.29, 1.82) is 0 Å². The number of ether oxygens (including phenoxy) is 2. The summed E-state index contributed by atoms with van der Waals surface area (Å²) in [6.07, 6.45) is 4.81. The molecule has 9 nitrogen and oxygen atoms in total. The molecule has 29 heavy (non-hydrogen) atoms. The number of benzene rings is 1. The summed E-state index contributed by atoms with van der Waals surface area (Å²) in [5.41, 5.74) is 0.901. The Bertz CT molecular complexity index is 918. The standard InChI is InChI=1S/C19H24N6O3S/c1-4-27-17(28-5-2)13-25-12-16(22-23-25)18(26)21-14-6-8-15(9-7-14)29-19-20-10-11-24(19)3/h6-12,17H,4-5,13H2,1-3H3,(H,21,26). The van der Waals surface area contributed by atoms with E-state index in [4.69, 9.17) is 9.47 Å². The summed E-state index contributed by atoms with van der Waals surface area (Å²) in [5, 5.41) is 11.6. The first-order chi connectivity index (χ1) is 14.1. The molecule has 0 aliphatic carbocycles. The van der Waals surface area contributed by atoms with E-state index in [1.165, 1.54) is 4.68 Å². The molecular weight excluding hydrogens is 392 g/mol. The molecule has 2 aromatic heterocycles. The van der Waals surface area contributed by atoms with E-state index in [1.54, 1.807) is 24.2 Å². The number of carbonyl (C=O) groups is 1. The van der Waals surface area contributed by atoms with E-state index in [9.17, 15) is 4.79 Å². The van der Waals surface area contributed by atoms with Crippen LogP contribution in [0.25, 0.3) is 0 Å². The first-order valence-corrected chi connectivity index (χ1v) is 10.1. The Morgan fingerprint density at radius 1 is 1.21 bits per heavy atom. The Morgan fingerprint density at radius 2 is 1.93 bits per heavy atom. The van der Waals surface area contributed by atoms with Gasteiger partial charge < -0.3 is 19.4 Å². The molecule has 0 fully saturated rings. The van der Waals surface area contributed by atoms with Crippen molar-refractivity contribution in [1.82, 2.24) is 24.5 Å². The van der Waals surface area contributed by atoms with Gasteiger partial charge in [0, 0.05) is 43.2 Å². The maximum absolute atomic E-state index is 12.4. The van der Waals surface area contributed by atoms with Crippen LogP contribution in [0.3, 0.4) is 0 Å². The van der Waals surface area contributed by atoms with Crippen molar-refractivity contribution in [3.63, 3.8) is 0 Å². The molecule has 0 saturated heterocycles. The van der Waals surface area contributed by atoms with E-state index in [2.05, 4.69) is 20.6 Å². The molecule has 0 aliphatic rings. The van der Waals surface area contributed by atoms with Gasteiger partial charge in [-0.3, -0.25) is 4.79 Å². The molecule has 3 rings (SSSR count). The van der Waals surface area contributed by atoms with Gasteiger partial charge in [0.25, 0.3) is 5.91 Å². The molecule has 10 heteroatoms. The van der Waals surface area contributed by atoms with Gasteiger partial charge in [-0.15, -0.1) is 5.10 Å². The van der Waals surface area contributed by atoms with Crippen LogP contribution in [0.2, 0.25) is 0 Å². The van der Waals surface area contributed by atoms with Crippen LogP contribution in [0.4, 0.5) is 5.69 Å². The molecule has 0 unspecified atom stereocenters. The van der Waals surface area contributed by atoms with E-state index in [0.29, 0.717) is 25.4 Å². The second kappa shape index (κ2) is 10.2. The second-order valence-corrected chi connectivity index (χ2v) is 7.11. The Morgan fingerprint density at radius 3 is 2.55 bits per heavy atom. The first-order valence-electron chi connectivity index (χ1n) is 9.29. The molecule has 0 saturated carbocycles. The summed E-state index contributed by atoms with van der Waals surface area (Å²) in [6, 6.07) is 7.54. The number of aromatic nitrogens is 5. The minimum atomic E-state index is -0.425. The number of aryl methyl sites for hydroxylation is 1. The molecule has 1 aromatic carbocycles. The summed E-state index contributed by atoms with van der Waals surface area (Å²) in [7, 11) is 1.95. The fourth-order valence-electron chi connectivity index (χ4n) is 2.53. The van der Waals surface area contributed by atoms with Crippen LogP contribution in [-0.4, -0.2) is 50.0 Å². The van der Waals surface area contributed by atoms with Gasteiger partial charge in [-0.25, -0.2) is 9.67 Å². The lowest BCUT2D eigenvalue weighted by atomic mass is 10.3. The molecule has 1 N–H and O–H groups in total. The summed E-state index contributed by atoms with van der Waals surface area (Å²) < 4.78 is 14.5. The maximum atomic E-state index is 12.4. The van der Waals surface area contributed by atoms with Crippen LogP contribution in [0.5, 0.6) is 0 Å². The van der Waals surface area contributed by atoms with Gasteiger partial charge >= 0.3 is 0 Å². The number of hydrogen-bond donors (Lipinski definition) is 1. The fraction of sp³-hybridized carbons (Fsp3) is 0.368. The van der Waals surface area contributed by atoms with E-state index < -0.39 is 6.29 Å². The minimum absolute atomic E-state index is 0.225. The average Bonchev–Trinajstić information content (AvgIpc) is 3.33. The molecule has 0 aliphatic heterocycles. The molecule has 3 aromatic rings. The van der Waals surface area contributed by atoms with Gasteiger partial charge in [-0.05, 0) is 38.1 Å². The number of nitrogens with zero attached hydrogens (tertiary/aromatic N) is 5. The molecule has 1 amide bonds. The zero-order chi connectivity index (χ0) is 20.6. The van der Waals surface area contributed by atoms with Gasteiger partial charge in [0.1, 0.15) is 0 Å². The predicted octanol–water partition coefficient (Wildman–Crippen LogP) is 2.81. The molecule has 0 bridgehead atoms. The lowest BCUT2D eigenvalue weighted by Gasteiger charge is -2.16. The molecule has 0 radical (unpaired) electrons. The summed E-state index contributed by atoms with van der Waals surface area (Å²) in [5.74, 6) is -0.329. The summed E-state index contributed by atoms with van der Waals surface area (Å²) in [4.78, 5) is 17.8. The van der Waals surface area contributed by atoms with Crippen LogP contribution in [0.15, 0.2) is 52.9 Å².